The van der Waals surface area contributed by atoms with Gasteiger partial charge in [-0.2, -0.15) is 0 Å². The van der Waals surface area contributed by atoms with Crippen molar-refractivity contribution < 1.29 is 14.3 Å². The Morgan fingerprint density at radius 1 is 1.11 bits per heavy atom. The molecule has 0 saturated carbocycles. The molecule has 0 bridgehead atoms. The first-order chi connectivity index (χ1) is 13.6. The number of esters is 1. The Bertz CT molecular complexity index is 986. The average Bonchev–Trinajstić information content (AvgIpc) is 3.15. The molecule has 0 aliphatic heterocycles. The lowest BCUT2D eigenvalue weighted by Crippen LogP contribution is -2.20. The minimum absolute atomic E-state index is 0.403. The van der Waals surface area contributed by atoms with Gasteiger partial charge in [-0.25, -0.2) is 9.48 Å². The van der Waals surface area contributed by atoms with Gasteiger partial charge in [0.2, 0.25) is 0 Å². The lowest BCUT2D eigenvalue weighted by molar-refractivity contribution is -0.142. The molecular formula is C20H17ClN4O3. The summed E-state index contributed by atoms with van der Waals surface area (Å²) in [4.78, 5) is 23.6. The number of rotatable bonds is 7. The van der Waals surface area contributed by atoms with E-state index in [0.29, 0.717) is 22.9 Å². The van der Waals surface area contributed by atoms with Crippen LogP contribution in [0.15, 0.2) is 66.9 Å². The molecule has 3 aromatic rings. The van der Waals surface area contributed by atoms with E-state index in [-0.39, 0.29) is 0 Å². The normalized spacial score (nSPS) is 10.8. The summed E-state index contributed by atoms with van der Waals surface area (Å²) in [5.41, 5.74) is 2.05. The second-order valence-electron chi connectivity index (χ2n) is 5.80. The summed E-state index contributed by atoms with van der Waals surface area (Å²) in [6, 6.07) is 16.6. The van der Waals surface area contributed by atoms with Crippen LogP contribution in [0.1, 0.15) is 11.3 Å². The zero-order valence-corrected chi connectivity index (χ0v) is 15.5. The van der Waals surface area contributed by atoms with Crippen LogP contribution in [0.5, 0.6) is 0 Å². The molecule has 1 amide bonds. The number of carbonyl (C=O) groups excluding carboxylic acids is 2. The molecule has 1 heterocycles. The van der Waals surface area contributed by atoms with E-state index >= 15 is 0 Å². The molecule has 0 aliphatic rings. The first-order valence-corrected chi connectivity index (χ1v) is 8.81. The Morgan fingerprint density at radius 2 is 1.86 bits per heavy atom. The van der Waals surface area contributed by atoms with Crippen LogP contribution in [-0.4, -0.2) is 33.5 Å². The van der Waals surface area contributed by atoms with Gasteiger partial charge in [0.15, 0.2) is 6.61 Å². The number of para-hydroxylation sites is 1. The van der Waals surface area contributed by atoms with Crippen molar-refractivity contribution in [2.45, 2.75) is 6.54 Å². The Kier molecular flexibility index (Phi) is 6.54. The number of carbonyl (C=O) groups is 2. The standard InChI is InChI=1S/C20H17ClN4O3/c21-17-8-4-5-9-18(17)22-19(26)14-28-20(27)11-10-16-13-25(24-23-16)12-15-6-2-1-3-7-15/h1-11,13H,12,14H2,(H,22,26)/b11-10+. The number of ether oxygens (including phenoxy) is 1. The van der Waals surface area contributed by atoms with Crippen molar-refractivity contribution in [2.75, 3.05) is 11.9 Å². The first-order valence-electron chi connectivity index (χ1n) is 8.43. The maximum atomic E-state index is 11.8. The second-order valence-corrected chi connectivity index (χ2v) is 6.20. The highest BCUT2D eigenvalue weighted by molar-refractivity contribution is 6.33. The fourth-order valence-corrected chi connectivity index (χ4v) is 2.51. The van der Waals surface area contributed by atoms with Crippen molar-refractivity contribution in [3.8, 4) is 0 Å². The zero-order valence-electron chi connectivity index (χ0n) is 14.8. The Balaban J connectivity index is 1.46. The summed E-state index contributed by atoms with van der Waals surface area (Å²) in [5, 5.41) is 10.9. The third-order valence-corrected chi connectivity index (χ3v) is 3.96. The summed E-state index contributed by atoms with van der Waals surface area (Å²) < 4.78 is 6.57. The molecular weight excluding hydrogens is 380 g/mol. The van der Waals surface area contributed by atoms with Crippen LogP contribution in [0.4, 0.5) is 5.69 Å². The molecule has 1 N–H and O–H groups in total. The molecule has 8 heteroatoms. The van der Waals surface area contributed by atoms with E-state index in [1.807, 2.05) is 30.3 Å². The largest absolute Gasteiger partial charge is 0.452 e. The summed E-state index contributed by atoms with van der Waals surface area (Å²) in [5.74, 6) is -1.14. The van der Waals surface area contributed by atoms with Gasteiger partial charge in [-0.1, -0.05) is 59.3 Å². The molecule has 1 aromatic heterocycles. The van der Waals surface area contributed by atoms with Gasteiger partial charge in [0, 0.05) is 6.08 Å². The van der Waals surface area contributed by atoms with Crippen molar-refractivity contribution in [3.05, 3.63) is 83.2 Å². The van der Waals surface area contributed by atoms with E-state index in [0.717, 1.165) is 5.56 Å². The minimum atomic E-state index is -0.660. The number of aromatic nitrogens is 3. The lowest BCUT2D eigenvalue weighted by atomic mass is 10.2. The fraction of sp³-hybridized carbons (Fsp3) is 0.100. The van der Waals surface area contributed by atoms with Crippen molar-refractivity contribution in [1.82, 2.24) is 15.0 Å². The predicted molar refractivity (Wildman–Crippen MR) is 106 cm³/mol. The molecule has 2 aromatic carbocycles. The smallest absolute Gasteiger partial charge is 0.331 e. The van der Waals surface area contributed by atoms with Crippen molar-refractivity contribution >= 4 is 35.2 Å². The van der Waals surface area contributed by atoms with Crippen LogP contribution < -0.4 is 5.32 Å². The van der Waals surface area contributed by atoms with Crippen molar-refractivity contribution in [1.29, 1.82) is 0 Å². The number of benzene rings is 2. The van der Waals surface area contributed by atoms with E-state index in [9.17, 15) is 9.59 Å². The zero-order chi connectivity index (χ0) is 19.8. The monoisotopic (exact) mass is 396 g/mol. The average molecular weight is 397 g/mol. The molecule has 28 heavy (non-hydrogen) atoms. The molecule has 0 spiro atoms. The Labute approximate surface area is 166 Å². The summed E-state index contributed by atoms with van der Waals surface area (Å²) in [6.45, 7) is 0.156. The SMILES string of the molecule is O=C(COC(=O)/C=C/c1cn(Cc2ccccc2)nn1)Nc1ccccc1Cl. The van der Waals surface area contributed by atoms with Gasteiger partial charge in [0.05, 0.1) is 23.5 Å². The van der Waals surface area contributed by atoms with Crippen LogP contribution in [0.3, 0.4) is 0 Å². The van der Waals surface area contributed by atoms with E-state index in [1.165, 1.54) is 12.2 Å². The van der Waals surface area contributed by atoms with Crippen LogP contribution in [0, 0.1) is 0 Å². The van der Waals surface area contributed by atoms with Crippen LogP contribution in [-0.2, 0) is 20.9 Å². The number of halogens is 1. The third kappa shape index (κ3) is 5.78. The van der Waals surface area contributed by atoms with Gasteiger partial charge >= 0.3 is 5.97 Å². The van der Waals surface area contributed by atoms with E-state index in [4.69, 9.17) is 16.3 Å². The van der Waals surface area contributed by atoms with Gasteiger partial charge < -0.3 is 10.1 Å². The quantitative estimate of drug-likeness (QED) is 0.489. The Morgan fingerprint density at radius 3 is 2.64 bits per heavy atom. The predicted octanol–water partition coefficient (Wildman–Crippen LogP) is 3.17. The van der Waals surface area contributed by atoms with Crippen molar-refractivity contribution in [2.24, 2.45) is 0 Å². The number of anilines is 1. The van der Waals surface area contributed by atoms with Gasteiger partial charge in [-0.15, -0.1) is 5.10 Å². The van der Waals surface area contributed by atoms with Crippen molar-refractivity contribution in [3.63, 3.8) is 0 Å². The molecule has 3 rings (SSSR count). The second kappa shape index (κ2) is 9.48. The molecule has 7 nitrogen and oxygen atoms in total. The third-order valence-electron chi connectivity index (χ3n) is 3.63. The Hall–Kier alpha value is -3.45. The van der Waals surface area contributed by atoms with Crippen LogP contribution >= 0.6 is 11.6 Å². The number of hydrogen-bond acceptors (Lipinski definition) is 5. The van der Waals surface area contributed by atoms with Crippen LogP contribution in [0.2, 0.25) is 5.02 Å². The lowest BCUT2D eigenvalue weighted by Gasteiger charge is -2.06. The molecule has 142 valence electrons. The summed E-state index contributed by atoms with van der Waals surface area (Å²) in [6.07, 6.45) is 4.38. The van der Waals surface area contributed by atoms with Gasteiger partial charge in [-0.05, 0) is 23.8 Å². The number of amides is 1. The van der Waals surface area contributed by atoms with Gasteiger partial charge in [0.1, 0.15) is 5.69 Å². The highest BCUT2D eigenvalue weighted by Crippen LogP contribution is 2.20. The number of nitrogens with one attached hydrogen (secondary N) is 1. The molecule has 0 saturated heterocycles. The number of nitrogens with zero attached hydrogens (tertiary/aromatic N) is 3. The first kappa shape index (κ1) is 19.3. The highest BCUT2D eigenvalue weighted by atomic mass is 35.5. The van der Waals surface area contributed by atoms with Gasteiger partial charge in [-0.3, -0.25) is 4.79 Å². The van der Waals surface area contributed by atoms with E-state index in [2.05, 4.69) is 15.6 Å². The maximum Gasteiger partial charge on any atom is 0.331 e. The molecule has 0 atom stereocenters. The molecule has 0 aliphatic carbocycles. The van der Waals surface area contributed by atoms with E-state index in [1.54, 1.807) is 35.1 Å². The van der Waals surface area contributed by atoms with Crippen LogP contribution in [0.25, 0.3) is 6.08 Å². The summed E-state index contributed by atoms with van der Waals surface area (Å²) in [7, 11) is 0. The fourth-order valence-electron chi connectivity index (χ4n) is 2.32. The number of hydrogen-bond donors (Lipinski definition) is 1. The maximum absolute atomic E-state index is 11.8. The van der Waals surface area contributed by atoms with Gasteiger partial charge in [0.25, 0.3) is 5.91 Å². The molecule has 0 fully saturated rings. The van der Waals surface area contributed by atoms with E-state index < -0.39 is 18.5 Å². The summed E-state index contributed by atoms with van der Waals surface area (Å²) >= 11 is 5.95. The molecule has 0 radical (unpaired) electrons. The highest BCUT2D eigenvalue weighted by Gasteiger charge is 2.08. The topological polar surface area (TPSA) is 86.1 Å². The molecule has 0 unspecified atom stereocenters. The minimum Gasteiger partial charge on any atom is -0.452 e.